The minimum Gasteiger partial charge on any atom is -0.497 e. The third-order valence-corrected chi connectivity index (χ3v) is 6.52. The lowest BCUT2D eigenvalue weighted by molar-refractivity contribution is 0.0585. The van der Waals surface area contributed by atoms with Crippen LogP contribution in [-0.4, -0.2) is 53.9 Å². The van der Waals surface area contributed by atoms with Crippen LogP contribution in [0, 0.1) is 13.8 Å². The van der Waals surface area contributed by atoms with Gasteiger partial charge in [0.25, 0.3) is 5.91 Å². The summed E-state index contributed by atoms with van der Waals surface area (Å²) in [6.45, 7) is 3.54. The molecule has 1 heterocycles. The summed E-state index contributed by atoms with van der Waals surface area (Å²) >= 11 is 0. The first-order chi connectivity index (χ1) is 15.3. The second-order valence-corrected chi connectivity index (χ2v) is 8.36. The highest BCUT2D eigenvalue weighted by Crippen LogP contribution is 2.27. The van der Waals surface area contributed by atoms with Crippen LogP contribution in [0.2, 0.25) is 0 Å². The van der Waals surface area contributed by atoms with Gasteiger partial charge in [-0.25, -0.2) is 4.79 Å². The van der Waals surface area contributed by atoms with Crippen LogP contribution < -0.4 is 4.74 Å². The Hall–Kier alpha value is -3.09. The molecule has 0 unspecified atom stereocenters. The summed E-state index contributed by atoms with van der Waals surface area (Å²) in [5.41, 5.74) is 2.65. The van der Waals surface area contributed by atoms with Gasteiger partial charge in [0.15, 0.2) is 5.78 Å². The van der Waals surface area contributed by atoms with Gasteiger partial charge in [-0.05, 0) is 56.5 Å². The van der Waals surface area contributed by atoms with Gasteiger partial charge in [0.1, 0.15) is 11.4 Å². The number of Topliss-reactive ketones (excluding diaryl/α,β-unsaturated/α-hetero) is 1. The maximum absolute atomic E-state index is 13.5. The van der Waals surface area contributed by atoms with Crippen molar-refractivity contribution in [3.8, 4) is 5.75 Å². The summed E-state index contributed by atoms with van der Waals surface area (Å²) < 4.78 is 11.8. The molecule has 3 rings (SSSR count). The third-order valence-electron chi connectivity index (χ3n) is 6.52. The largest absolute Gasteiger partial charge is 0.497 e. The first-order valence-electron chi connectivity index (χ1n) is 11.0. The molecule has 1 amide bonds. The summed E-state index contributed by atoms with van der Waals surface area (Å²) in [6, 6.07) is 6.99. The first kappa shape index (κ1) is 23.6. The molecule has 0 bridgehead atoms. The SMILES string of the molecule is COC(=O)c1c(C)c(C(=O)CN(C(=O)c2ccc(OC)cc2)C2CCCCC2)c(C)n1C. The van der Waals surface area contributed by atoms with Crippen LogP contribution in [0.25, 0.3) is 0 Å². The van der Waals surface area contributed by atoms with E-state index in [9.17, 15) is 14.4 Å². The van der Waals surface area contributed by atoms with Crippen molar-refractivity contribution in [2.75, 3.05) is 20.8 Å². The zero-order valence-electron chi connectivity index (χ0n) is 19.6. The zero-order valence-corrected chi connectivity index (χ0v) is 19.6. The number of rotatable bonds is 7. The van der Waals surface area contributed by atoms with Crippen LogP contribution in [0.15, 0.2) is 24.3 Å². The molecular weight excluding hydrogens is 408 g/mol. The van der Waals surface area contributed by atoms with E-state index in [1.54, 1.807) is 54.8 Å². The minimum atomic E-state index is -0.481. The summed E-state index contributed by atoms with van der Waals surface area (Å²) in [7, 11) is 4.65. The van der Waals surface area contributed by atoms with Crippen LogP contribution in [0.3, 0.4) is 0 Å². The van der Waals surface area contributed by atoms with Crippen molar-refractivity contribution in [3.63, 3.8) is 0 Å². The molecule has 1 fully saturated rings. The number of ether oxygens (including phenoxy) is 2. The normalized spacial score (nSPS) is 14.2. The number of hydrogen-bond acceptors (Lipinski definition) is 5. The van der Waals surface area contributed by atoms with Crippen molar-refractivity contribution < 1.29 is 23.9 Å². The first-order valence-corrected chi connectivity index (χ1v) is 11.0. The zero-order chi connectivity index (χ0) is 23.4. The molecule has 0 spiro atoms. The van der Waals surface area contributed by atoms with Gasteiger partial charge < -0.3 is 18.9 Å². The average Bonchev–Trinajstić information content (AvgIpc) is 3.05. The summed E-state index contributed by atoms with van der Waals surface area (Å²) in [4.78, 5) is 40.9. The van der Waals surface area contributed by atoms with Crippen molar-refractivity contribution in [1.29, 1.82) is 0 Å². The van der Waals surface area contributed by atoms with Gasteiger partial charge >= 0.3 is 5.97 Å². The number of carbonyl (C=O) groups excluding carboxylic acids is 3. The summed E-state index contributed by atoms with van der Waals surface area (Å²) in [5, 5.41) is 0. The van der Waals surface area contributed by atoms with Crippen LogP contribution in [0.5, 0.6) is 5.75 Å². The molecule has 0 radical (unpaired) electrons. The van der Waals surface area contributed by atoms with E-state index >= 15 is 0 Å². The molecule has 172 valence electrons. The van der Waals surface area contributed by atoms with Gasteiger partial charge in [-0.3, -0.25) is 9.59 Å². The predicted molar refractivity (Wildman–Crippen MR) is 121 cm³/mol. The molecule has 1 aromatic carbocycles. The molecule has 1 aliphatic rings. The van der Waals surface area contributed by atoms with E-state index in [0.29, 0.717) is 33.8 Å². The Labute approximate surface area is 189 Å². The molecule has 0 atom stereocenters. The van der Waals surface area contributed by atoms with Gasteiger partial charge in [0.05, 0.1) is 20.8 Å². The predicted octanol–water partition coefficient (Wildman–Crippen LogP) is 4.09. The number of aromatic nitrogens is 1. The van der Waals surface area contributed by atoms with Crippen molar-refractivity contribution in [3.05, 3.63) is 52.3 Å². The minimum absolute atomic E-state index is 0.0201. The van der Waals surface area contributed by atoms with Crippen molar-refractivity contribution in [2.24, 2.45) is 7.05 Å². The van der Waals surface area contributed by atoms with Crippen molar-refractivity contribution >= 4 is 17.7 Å². The molecule has 7 heteroatoms. The maximum Gasteiger partial charge on any atom is 0.354 e. The molecule has 0 saturated heterocycles. The highest BCUT2D eigenvalue weighted by molar-refractivity contribution is 6.06. The number of hydrogen-bond donors (Lipinski definition) is 0. The van der Waals surface area contributed by atoms with Gasteiger partial charge in [-0.2, -0.15) is 0 Å². The lowest BCUT2D eigenvalue weighted by atomic mass is 9.93. The number of esters is 1. The topological polar surface area (TPSA) is 77.8 Å². The molecular formula is C25H32N2O5. The second kappa shape index (κ2) is 10.0. The van der Waals surface area contributed by atoms with Gasteiger partial charge in [-0.15, -0.1) is 0 Å². The molecule has 0 N–H and O–H groups in total. The fourth-order valence-electron chi connectivity index (χ4n) is 4.67. The standard InChI is InChI=1S/C25H32N2O5/c1-16-22(17(2)26(3)23(16)25(30)32-5)21(28)15-27(19-9-7-6-8-10-19)24(29)18-11-13-20(31-4)14-12-18/h11-14,19H,6-10,15H2,1-5H3. The molecule has 7 nitrogen and oxygen atoms in total. The molecule has 32 heavy (non-hydrogen) atoms. The highest BCUT2D eigenvalue weighted by Gasteiger charge is 2.31. The smallest absolute Gasteiger partial charge is 0.354 e. The molecule has 1 aromatic heterocycles. The monoisotopic (exact) mass is 440 g/mol. The van der Waals surface area contributed by atoms with Crippen LogP contribution >= 0.6 is 0 Å². The van der Waals surface area contributed by atoms with Crippen molar-refractivity contribution in [1.82, 2.24) is 9.47 Å². The fraction of sp³-hybridized carbons (Fsp3) is 0.480. The Morgan fingerprint density at radius 2 is 1.66 bits per heavy atom. The Bertz CT molecular complexity index is 1000. The second-order valence-electron chi connectivity index (χ2n) is 8.36. The van der Waals surface area contributed by atoms with Crippen molar-refractivity contribution in [2.45, 2.75) is 52.0 Å². The van der Waals surface area contributed by atoms with Crippen LogP contribution in [-0.2, 0) is 11.8 Å². The lowest BCUT2D eigenvalue weighted by Crippen LogP contribution is -2.44. The number of methoxy groups -OCH3 is 2. The Balaban J connectivity index is 1.93. The lowest BCUT2D eigenvalue weighted by Gasteiger charge is -2.34. The number of amides is 1. The highest BCUT2D eigenvalue weighted by atomic mass is 16.5. The van der Waals surface area contributed by atoms with E-state index in [-0.39, 0.29) is 24.3 Å². The number of benzene rings is 1. The summed E-state index contributed by atoms with van der Waals surface area (Å²) in [5.74, 6) is -0.135. The van der Waals surface area contributed by atoms with Gasteiger partial charge in [0.2, 0.25) is 0 Å². The molecule has 1 saturated carbocycles. The number of ketones is 1. The van der Waals surface area contributed by atoms with E-state index in [1.807, 2.05) is 6.92 Å². The van der Waals surface area contributed by atoms with Crippen LogP contribution in [0.1, 0.15) is 74.6 Å². The van der Waals surface area contributed by atoms with E-state index < -0.39 is 5.97 Å². The third kappa shape index (κ3) is 4.56. The number of nitrogens with zero attached hydrogens (tertiary/aromatic N) is 2. The summed E-state index contributed by atoms with van der Waals surface area (Å²) in [6.07, 6.45) is 5.00. The Morgan fingerprint density at radius 3 is 2.22 bits per heavy atom. The van der Waals surface area contributed by atoms with E-state index in [1.165, 1.54) is 7.11 Å². The average molecular weight is 441 g/mol. The molecule has 0 aliphatic heterocycles. The Kier molecular flexibility index (Phi) is 7.38. The molecule has 2 aromatic rings. The van der Waals surface area contributed by atoms with Gasteiger partial charge in [0, 0.05) is 29.9 Å². The van der Waals surface area contributed by atoms with E-state index in [0.717, 1.165) is 32.1 Å². The number of carbonyl (C=O) groups is 3. The van der Waals surface area contributed by atoms with E-state index in [4.69, 9.17) is 9.47 Å². The van der Waals surface area contributed by atoms with Crippen LogP contribution in [0.4, 0.5) is 0 Å². The van der Waals surface area contributed by atoms with E-state index in [2.05, 4.69) is 0 Å². The Morgan fingerprint density at radius 1 is 1.03 bits per heavy atom. The quantitative estimate of drug-likeness (QED) is 0.479. The van der Waals surface area contributed by atoms with Gasteiger partial charge in [-0.1, -0.05) is 19.3 Å². The maximum atomic E-state index is 13.5. The fourth-order valence-corrected chi connectivity index (χ4v) is 4.67. The molecule has 1 aliphatic carbocycles.